The summed E-state index contributed by atoms with van der Waals surface area (Å²) in [5, 5.41) is 3.16. The van der Waals surface area contributed by atoms with E-state index in [1.165, 1.54) is 12.1 Å². The van der Waals surface area contributed by atoms with Crippen molar-refractivity contribution < 1.29 is 8.78 Å². The van der Waals surface area contributed by atoms with Crippen LogP contribution in [0.25, 0.3) is 6.08 Å². The zero-order valence-corrected chi connectivity index (χ0v) is 8.76. The standard InChI is InChI=1S/C12H15F2N/c1-2-5-15-6-3-4-10-7-11(13)9-12(14)8-10/h3-4,7-9,15H,2,5-6H2,1H3/b4-3+. The Kier molecular flexibility index (Phi) is 4.98. The van der Waals surface area contributed by atoms with Crippen LogP contribution < -0.4 is 5.32 Å². The normalized spacial score (nSPS) is 11.1. The molecule has 1 nitrogen and oxygen atoms in total. The molecule has 0 unspecified atom stereocenters. The van der Waals surface area contributed by atoms with E-state index in [0.29, 0.717) is 12.1 Å². The third-order valence-electron chi connectivity index (χ3n) is 1.88. The molecule has 82 valence electrons. The molecule has 0 spiro atoms. The van der Waals surface area contributed by atoms with E-state index in [0.717, 1.165) is 19.0 Å². The molecule has 0 aliphatic heterocycles. The molecule has 3 heteroatoms. The lowest BCUT2D eigenvalue weighted by Crippen LogP contribution is -2.13. The van der Waals surface area contributed by atoms with Crippen LogP contribution in [0, 0.1) is 11.6 Å². The van der Waals surface area contributed by atoms with Crippen molar-refractivity contribution >= 4 is 6.08 Å². The SMILES string of the molecule is CCCNC/C=C/c1cc(F)cc(F)c1. The van der Waals surface area contributed by atoms with Gasteiger partial charge in [0.15, 0.2) is 0 Å². The van der Waals surface area contributed by atoms with Crippen molar-refractivity contribution in [3.05, 3.63) is 41.5 Å². The summed E-state index contributed by atoms with van der Waals surface area (Å²) in [7, 11) is 0. The molecule has 1 aromatic rings. The van der Waals surface area contributed by atoms with Gasteiger partial charge in [0.1, 0.15) is 11.6 Å². The van der Waals surface area contributed by atoms with E-state index < -0.39 is 11.6 Å². The summed E-state index contributed by atoms with van der Waals surface area (Å²) < 4.78 is 25.5. The van der Waals surface area contributed by atoms with Crippen LogP contribution in [0.5, 0.6) is 0 Å². The van der Waals surface area contributed by atoms with E-state index in [9.17, 15) is 8.78 Å². The first-order chi connectivity index (χ1) is 7.22. The first-order valence-electron chi connectivity index (χ1n) is 5.05. The zero-order valence-electron chi connectivity index (χ0n) is 8.76. The van der Waals surface area contributed by atoms with Crippen LogP contribution >= 0.6 is 0 Å². The fraction of sp³-hybridized carbons (Fsp3) is 0.333. The lowest BCUT2D eigenvalue weighted by molar-refractivity contribution is 0.583. The van der Waals surface area contributed by atoms with Crippen LogP contribution in [0.3, 0.4) is 0 Å². The fourth-order valence-electron chi connectivity index (χ4n) is 1.23. The molecular weight excluding hydrogens is 196 g/mol. The molecule has 0 aliphatic carbocycles. The van der Waals surface area contributed by atoms with Crippen LogP contribution in [0.15, 0.2) is 24.3 Å². The van der Waals surface area contributed by atoms with Gasteiger partial charge in [-0.25, -0.2) is 8.78 Å². The maximum absolute atomic E-state index is 12.8. The second kappa shape index (κ2) is 6.30. The summed E-state index contributed by atoms with van der Waals surface area (Å²) in [6.07, 6.45) is 4.63. The first-order valence-corrected chi connectivity index (χ1v) is 5.05. The van der Waals surface area contributed by atoms with Gasteiger partial charge in [-0.2, -0.15) is 0 Å². The Labute approximate surface area is 88.8 Å². The highest BCUT2D eigenvalue weighted by Crippen LogP contribution is 2.09. The van der Waals surface area contributed by atoms with Crippen molar-refractivity contribution in [3.8, 4) is 0 Å². The summed E-state index contributed by atoms with van der Waals surface area (Å²) in [5.74, 6) is -1.09. The van der Waals surface area contributed by atoms with Crippen molar-refractivity contribution in [1.82, 2.24) is 5.32 Å². The van der Waals surface area contributed by atoms with Crippen molar-refractivity contribution in [2.75, 3.05) is 13.1 Å². The molecule has 0 saturated carbocycles. The van der Waals surface area contributed by atoms with Crippen LogP contribution in [-0.2, 0) is 0 Å². The molecule has 1 N–H and O–H groups in total. The van der Waals surface area contributed by atoms with Crippen molar-refractivity contribution in [2.24, 2.45) is 0 Å². The van der Waals surface area contributed by atoms with Crippen molar-refractivity contribution in [1.29, 1.82) is 0 Å². The third-order valence-corrected chi connectivity index (χ3v) is 1.88. The Balaban J connectivity index is 2.49. The highest BCUT2D eigenvalue weighted by molar-refractivity contribution is 5.49. The number of rotatable bonds is 5. The second-order valence-corrected chi connectivity index (χ2v) is 3.31. The van der Waals surface area contributed by atoms with E-state index in [1.54, 1.807) is 6.08 Å². The van der Waals surface area contributed by atoms with Gasteiger partial charge < -0.3 is 5.32 Å². The van der Waals surface area contributed by atoms with Gasteiger partial charge in [0.25, 0.3) is 0 Å². The molecule has 0 radical (unpaired) electrons. The van der Waals surface area contributed by atoms with Crippen LogP contribution in [0.2, 0.25) is 0 Å². The van der Waals surface area contributed by atoms with E-state index in [2.05, 4.69) is 12.2 Å². The molecule has 0 fully saturated rings. The van der Waals surface area contributed by atoms with Gasteiger partial charge in [-0.15, -0.1) is 0 Å². The van der Waals surface area contributed by atoms with Gasteiger partial charge in [0, 0.05) is 12.6 Å². The minimum atomic E-state index is -0.545. The Hall–Kier alpha value is -1.22. The monoisotopic (exact) mass is 211 g/mol. The Morgan fingerprint density at radius 2 is 1.87 bits per heavy atom. The minimum Gasteiger partial charge on any atom is -0.313 e. The quantitative estimate of drug-likeness (QED) is 0.738. The topological polar surface area (TPSA) is 12.0 Å². The molecule has 0 atom stereocenters. The summed E-state index contributed by atoms with van der Waals surface area (Å²) in [5.41, 5.74) is 0.547. The summed E-state index contributed by atoms with van der Waals surface area (Å²) in [4.78, 5) is 0. The predicted molar refractivity (Wildman–Crippen MR) is 58.6 cm³/mol. The van der Waals surface area contributed by atoms with Gasteiger partial charge in [0.05, 0.1) is 0 Å². The average molecular weight is 211 g/mol. The minimum absolute atomic E-state index is 0.545. The maximum Gasteiger partial charge on any atom is 0.126 e. The van der Waals surface area contributed by atoms with E-state index in [-0.39, 0.29) is 0 Å². The molecule has 0 amide bonds. The van der Waals surface area contributed by atoms with E-state index >= 15 is 0 Å². The highest BCUT2D eigenvalue weighted by atomic mass is 19.1. The van der Waals surface area contributed by atoms with Crippen LogP contribution in [0.1, 0.15) is 18.9 Å². The Morgan fingerprint density at radius 1 is 1.20 bits per heavy atom. The molecular formula is C12H15F2N. The summed E-state index contributed by atoms with van der Waals surface area (Å²) >= 11 is 0. The van der Waals surface area contributed by atoms with Crippen molar-refractivity contribution in [3.63, 3.8) is 0 Å². The molecule has 15 heavy (non-hydrogen) atoms. The molecule has 0 heterocycles. The number of hydrogen-bond acceptors (Lipinski definition) is 1. The number of halogens is 2. The molecule has 0 saturated heterocycles. The molecule has 0 aromatic heterocycles. The van der Waals surface area contributed by atoms with Crippen LogP contribution in [0.4, 0.5) is 8.78 Å². The Bertz CT molecular complexity index is 314. The maximum atomic E-state index is 12.8. The second-order valence-electron chi connectivity index (χ2n) is 3.31. The van der Waals surface area contributed by atoms with Crippen molar-refractivity contribution in [2.45, 2.75) is 13.3 Å². The molecule has 1 aromatic carbocycles. The summed E-state index contributed by atoms with van der Waals surface area (Å²) in [6.45, 7) is 3.74. The lowest BCUT2D eigenvalue weighted by Gasteiger charge is -1.97. The van der Waals surface area contributed by atoms with Crippen LogP contribution in [-0.4, -0.2) is 13.1 Å². The number of hydrogen-bond donors (Lipinski definition) is 1. The molecule has 0 bridgehead atoms. The average Bonchev–Trinajstić information content (AvgIpc) is 2.16. The van der Waals surface area contributed by atoms with Gasteiger partial charge in [-0.05, 0) is 30.7 Å². The fourth-order valence-corrected chi connectivity index (χ4v) is 1.23. The van der Waals surface area contributed by atoms with E-state index in [1.807, 2.05) is 6.08 Å². The predicted octanol–water partition coefficient (Wildman–Crippen LogP) is 2.98. The van der Waals surface area contributed by atoms with Gasteiger partial charge >= 0.3 is 0 Å². The van der Waals surface area contributed by atoms with Gasteiger partial charge in [0.2, 0.25) is 0 Å². The largest absolute Gasteiger partial charge is 0.313 e. The zero-order chi connectivity index (χ0) is 11.1. The van der Waals surface area contributed by atoms with Gasteiger partial charge in [-0.3, -0.25) is 0 Å². The highest BCUT2D eigenvalue weighted by Gasteiger charge is 1.96. The smallest absolute Gasteiger partial charge is 0.126 e. The first kappa shape index (κ1) is 11.9. The lowest BCUT2D eigenvalue weighted by atomic mass is 10.2. The van der Waals surface area contributed by atoms with E-state index in [4.69, 9.17) is 0 Å². The third kappa shape index (κ3) is 4.70. The van der Waals surface area contributed by atoms with Gasteiger partial charge in [-0.1, -0.05) is 19.1 Å². The summed E-state index contributed by atoms with van der Waals surface area (Å²) in [6, 6.07) is 3.48. The molecule has 1 rings (SSSR count). The number of nitrogens with one attached hydrogen (secondary N) is 1. The molecule has 0 aliphatic rings. The number of benzene rings is 1. The Morgan fingerprint density at radius 3 is 2.47 bits per heavy atom.